The molecule has 0 radical (unpaired) electrons. The Morgan fingerprint density at radius 1 is 0.871 bits per heavy atom. The van der Waals surface area contributed by atoms with E-state index in [-0.39, 0.29) is 11.8 Å². The van der Waals surface area contributed by atoms with Crippen LogP contribution >= 0.6 is 11.6 Å². The van der Waals surface area contributed by atoms with Crippen LogP contribution in [0.25, 0.3) is 0 Å². The van der Waals surface area contributed by atoms with Crippen LogP contribution in [0.2, 0.25) is 5.02 Å². The van der Waals surface area contributed by atoms with Crippen LogP contribution in [-0.2, 0) is 22.7 Å². The van der Waals surface area contributed by atoms with Gasteiger partial charge < -0.3 is 10.2 Å². The van der Waals surface area contributed by atoms with Crippen molar-refractivity contribution < 1.29 is 9.59 Å². The Morgan fingerprint density at radius 3 is 2.10 bits per heavy atom. The molecule has 5 heteroatoms. The van der Waals surface area contributed by atoms with Crippen LogP contribution in [0.3, 0.4) is 0 Å². The summed E-state index contributed by atoms with van der Waals surface area (Å²) < 4.78 is 0. The van der Waals surface area contributed by atoms with Gasteiger partial charge in [-0.15, -0.1) is 0 Å². The van der Waals surface area contributed by atoms with Crippen molar-refractivity contribution >= 4 is 23.4 Å². The second-order valence-corrected chi connectivity index (χ2v) is 7.85. The number of benzene rings is 3. The van der Waals surface area contributed by atoms with Crippen LogP contribution in [0.5, 0.6) is 0 Å². The number of amides is 2. The molecule has 3 aromatic carbocycles. The molecule has 0 saturated carbocycles. The Morgan fingerprint density at radius 2 is 1.48 bits per heavy atom. The molecule has 3 aromatic rings. The number of hydrogen-bond donors (Lipinski definition) is 1. The summed E-state index contributed by atoms with van der Waals surface area (Å²) in [7, 11) is 0. The van der Waals surface area contributed by atoms with Crippen molar-refractivity contribution in [3.8, 4) is 0 Å². The molecule has 1 N–H and O–H groups in total. The minimum absolute atomic E-state index is 0.0545. The summed E-state index contributed by atoms with van der Waals surface area (Å²) in [4.78, 5) is 28.2. The molecule has 0 bridgehead atoms. The fraction of sp³-hybridized carbons (Fsp3) is 0.231. The highest BCUT2D eigenvalue weighted by atomic mass is 35.5. The predicted molar refractivity (Wildman–Crippen MR) is 124 cm³/mol. The molecule has 4 nitrogen and oxygen atoms in total. The second-order valence-electron chi connectivity index (χ2n) is 7.41. The highest BCUT2D eigenvalue weighted by Gasteiger charge is 2.31. The molecule has 1 unspecified atom stereocenters. The highest BCUT2D eigenvalue weighted by molar-refractivity contribution is 6.30. The van der Waals surface area contributed by atoms with Gasteiger partial charge in [0.25, 0.3) is 0 Å². The number of nitrogens with zero attached hydrogens (tertiary/aromatic N) is 1. The average molecular weight is 435 g/mol. The highest BCUT2D eigenvalue weighted by Crippen LogP contribution is 2.25. The van der Waals surface area contributed by atoms with E-state index in [1.807, 2.05) is 79.7 Å². The molecule has 0 saturated heterocycles. The minimum Gasteiger partial charge on any atom is -0.350 e. The van der Waals surface area contributed by atoms with E-state index in [2.05, 4.69) is 5.32 Å². The Balaban J connectivity index is 1.91. The average Bonchev–Trinajstić information content (AvgIpc) is 2.80. The van der Waals surface area contributed by atoms with Gasteiger partial charge >= 0.3 is 0 Å². The molecule has 2 amide bonds. The summed E-state index contributed by atoms with van der Waals surface area (Å²) in [6, 6.07) is 25.8. The van der Waals surface area contributed by atoms with Crippen LogP contribution in [-0.4, -0.2) is 16.7 Å². The maximum atomic E-state index is 13.4. The molecule has 160 valence electrons. The topological polar surface area (TPSA) is 49.4 Å². The van der Waals surface area contributed by atoms with E-state index >= 15 is 0 Å². The van der Waals surface area contributed by atoms with Crippen LogP contribution < -0.4 is 5.32 Å². The van der Waals surface area contributed by atoms with E-state index in [4.69, 9.17) is 11.6 Å². The maximum Gasteiger partial charge on any atom is 0.247 e. The molecular weight excluding hydrogens is 408 g/mol. The Kier molecular flexibility index (Phi) is 8.25. The lowest BCUT2D eigenvalue weighted by molar-refractivity contribution is -0.141. The lowest BCUT2D eigenvalue weighted by Gasteiger charge is -2.31. The number of nitrogens with one attached hydrogen (secondary N) is 1. The van der Waals surface area contributed by atoms with Gasteiger partial charge in [0.15, 0.2) is 0 Å². The molecule has 31 heavy (non-hydrogen) atoms. The Bertz CT molecular complexity index is 975. The fourth-order valence-corrected chi connectivity index (χ4v) is 3.58. The lowest BCUT2D eigenvalue weighted by Crippen LogP contribution is -2.43. The largest absolute Gasteiger partial charge is 0.350 e. The van der Waals surface area contributed by atoms with Gasteiger partial charge in [-0.2, -0.15) is 0 Å². The van der Waals surface area contributed by atoms with E-state index < -0.39 is 6.04 Å². The van der Waals surface area contributed by atoms with Crippen molar-refractivity contribution in [3.63, 3.8) is 0 Å². The molecule has 0 fully saturated rings. The van der Waals surface area contributed by atoms with E-state index in [0.29, 0.717) is 31.0 Å². The zero-order valence-electron chi connectivity index (χ0n) is 17.6. The van der Waals surface area contributed by atoms with E-state index in [0.717, 1.165) is 16.7 Å². The van der Waals surface area contributed by atoms with Gasteiger partial charge in [0, 0.05) is 24.5 Å². The quantitative estimate of drug-likeness (QED) is 0.481. The molecule has 0 heterocycles. The monoisotopic (exact) mass is 434 g/mol. The van der Waals surface area contributed by atoms with Crippen molar-refractivity contribution in [3.05, 3.63) is 107 Å². The standard InChI is InChI=1S/C26H27ClN2O2/c1-2-9-24(30)29(19-21-14-16-23(27)17-15-21)25(22-12-7-4-8-13-22)26(31)28-18-20-10-5-3-6-11-20/h3-8,10-17,25H,2,9,18-19H2,1H3,(H,28,31). The summed E-state index contributed by atoms with van der Waals surface area (Å²) in [6.07, 6.45) is 1.09. The number of halogens is 1. The Hall–Kier alpha value is -3.11. The van der Waals surface area contributed by atoms with Crippen LogP contribution in [0.1, 0.15) is 42.5 Å². The maximum absolute atomic E-state index is 13.4. The van der Waals surface area contributed by atoms with Gasteiger partial charge in [-0.1, -0.05) is 91.3 Å². The minimum atomic E-state index is -0.723. The third-order valence-electron chi connectivity index (χ3n) is 5.04. The van der Waals surface area contributed by atoms with Gasteiger partial charge in [-0.05, 0) is 35.2 Å². The molecule has 0 aliphatic heterocycles. The number of rotatable bonds is 9. The van der Waals surface area contributed by atoms with Crippen molar-refractivity contribution in [2.24, 2.45) is 0 Å². The lowest BCUT2D eigenvalue weighted by atomic mass is 10.0. The zero-order chi connectivity index (χ0) is 22.1. The van der Waals surface area contributed by atoms with Gasteiger partial charge in [-0.3, -0.25) is 9.59 Å². The predicted octanol–water partition coefficient (Wildman–Crippen LogP) is 5.53. The summed E-state index contributed by atoms with van der Waals surface area (Å²) in [6.45, 7) is 2.69. The second kappa shape index (κ2) is 11.3. The Labute approximate surface area is 188 Å². The fourth-order valence-electron chi connectivity index (χ4n) is 3.46. The smallest absolute Gasteiger partial charge is 0.247 e. The first-order chi connectivity index (χ1) is 15.1. The third kappa shape index (κ3) is 6.43. The van der Waals surface area contributed by atoms with Crippen LogP contribution in [0.4, 0.5) is 0 Å². The van der Waals surface area contributed by atoms with Gasteiger partial charge in [-0.25, -0.2) is 0 Å². The number of hydrogen-bond acceptors (Lipinski definition) is 2. The van der Waals surface area contributed by atoms with Crippen molar-refractivity contribution in [2.75, 3.05) is 0 Å². The van der Waals surface area contributed by atoms with Crippen LogP contribution in [0.15, 0.2) is 84.9 Å². The van der Waals surface area contributed by atoms with E-state index in [1.165, 1.54) is 0 Å². The SMILES string of the molecule is CCCC(=O)N(Cc1ccc(Cl)cc1)C(C(=O)NCc1ccccc1)c1ccccc1. The number of carbonyl (C=O) groups is 2. The summed E-state index contributed by atoms with van der Waals surface area (Å²) in [5.74, 6) is -0.255. The third-order valence-corrected chi connectivity index (χ3v) is 5.29. The molecule has 0 aromatic heterocycles. The zero-order valence-corrected chi connectivity index (χ0v) is 18.4. The molecule has 3 rings (SSSR count). The van der Waals surface area contributed by atoms with Gasteiger partial charge in [0.2, 0.25) is 11.8 Å². The first-order valence-electron chi connectivity index (χ1n) is 10.5. The van der Waals surface area contributed by atoms with Gasteiger partial charge in [0.05, 0.1) is 0 Å². The van der Waals surface area contributed by atoms with Crippen molar-refractivity contribution in [2.45, 2.75) is 38.9 Å². The summed E-state index contributed by atoms with van der Waals surface area (Å²) >= 11 is 6.02. The van der Waals surface area contributed by atoms with Crippen molar-refractivity contribution in [1.29, 1.82) is 0 Å². The van der Waals surface area contributed by atoms with Gasteiger partial charge in [0.1, 0.15) is 6.04 Å². The number of carbonyl (C=O) groups excluding carboxylic acids is 2. The summed E-state index contributed by atoms with van der Waals surface area (Å²) in [5.41, 5.74) is 2.71. The van der Waals surface area contributed by atoms with E-state index in [9.17, 15) is 9.59 Å². The molecule has 0 aliphatic carbocycles. The molecular formula is C26H27ClN2O2. The van der Waals surface area contributed by atoms with Crippen molar-refractivity contribution in [1.82, 2.24) is 10.2 Å². The molecule has 0 spiro atoms. The van der Waals surface area contributed by atoms with E-state index in [1.54, 1.807) is 17.0 Å². The first kappa shape index (κ1) is 22.6. The van der Waals surface area contributed by atoms with Crippen LogP contribution in [0, 0.1) is 0 Å². The normalized spacial score (nSPS) is 11.5. The molecule has 1 atom stereocenters. The summed E-state index contributed by atoms with van der Waals surface area (Å²) in [5, 5.41) is 3.65. The first-order valence-corrected chi connectivity index (χ1v) is 10.9. The molecule has 0 aliphatic rings.